The van der Waals surface area contributed by atoms with Gasteiger partial charge in [-0.2, -0.15) is 0 Å². The van der Waals surface area contributed by atoms with Crippen LogP contribution in [0.15, 0.2) is 65.1 Å². The van der Waals surface area contributed by atoms with Gasteiger partial charge >= 0.3 is 0 Å². The molecular formula is C21H19Cl2N3O2S. The number of aromatic nitrogens is 2. The number of benzene rings is 2. The molecule has 1 aromatic heterocycles. The molecular weight excluding hydrogens is 429 g/mol. The number of hydrogen-bond acceptors (Lipinski definition) is 4. The Hall–Kier alpha value is -2.28. The zero-order chi connectivity index (χ0) is 21.0. The summed E-state index contributed by atoms with van der Waals surface area (Å²) in [6.45, 7) is 5.89. The van der Waals surface area contributed by atoms with Gasteiger partial charge in [0.15, 0.2) is 5.16 Å². The third-order valence-corrected chi connectivity index (χ3v) is 6.01. The van der Waals surface area contributed by atoms with Crippen LogP contribution in [0.5, 0.6) is 0 Å². The number of carbonyl (C=O) groups excluding carboxylic acids is 1. The Morgan fingerprint density at radius 1 is 1.28 bits per heavy atom. The highest BCUT2D eigenvalue weighted by Crippen LogP contribution is 2.25. The molecule has 0 aliphatic heterocycles. The van der Waals surface area contributed by atoms with E-state index >= 15 is 0 Å². The van der Waals surface area contributed by atoms with Gasteiger partial charge in [0, 0.05) is 6.54 Å². The molecule has 5 nitrogen and oxygen atoms in total. The monoisotopic (exact) mass is 447 g/mol. The molecule has 1 heterocycles. The summed E-state index contributed by atoms with van der Waals surface area (Å²) >= 11 is 13.2. The Kier molecular flexibility index (Phi) is 7.00. The van der Waals surface area contributed by atoms with Crippen molar-refractivity contribution in [3.8, 4) is 0 Å². The number of nitrogens with zero attached hydrogens (tertiary/aromatic N) is 2. The standard InChI is InChI=1S/C21H19Cl2N3O2S/c1-3-10-26-20(28)15-6-4-5-7-18(15)25-21(26)29-12-19(27)24-13(2)14-8-9-16(22)17(23)11-14/h3-9,11,13H,1,10,12H2,2H3,(H,24,27). The lowest BCUT2D eigenvalue weighted by molar-refractivity contribution is -0.119. The molecule has 8 heteroatoms. The second-order valence-electron chi connectivity index (χ2n) is 6.37. The minimum atomic E-state index is -0.238. The fourth-order valence-electron chi connectivity index (χ4n) is 2.83. The van der Waals surface area contributed by atoms with Crippen LogP contribution in [0.25, 0.3) is 10.9 Å². The van der Waals surface area contributed by atoms with E-state index < -0.39 is 0 Å². The molecule has 150 valence electrons. The van der Waals surface area contributed by atoms with Crippen LogP contribution in [0.3, 0.4) is 0 Å². The van der Waals surface area contributed by atoms with E-state index in [9.17, 15) is 9.59 Å². The molecule has 1 amide bonds. The van der Waals surface area contributed by atoms with Gasteiger partial charge in [-0.15, -0.1) is 6.58 Å². The summed E-state index contributed by atoms with van der Waals surface area (Å²) in [5.41, 5.74) is 1.30. The molecule has 0 bridgehead atoms. The lowest BCUT2D eigenvalue weighted by Crippen LogP contribution is -2.29. The van der Waals surface area contributed by atoms with Crippen LogP contribution in [0.1, 0.15) is 18.5 Å². The maximum absolute atomic E-state index is 12.7. The van der Waals surface area contributed by atoms with E-state index in [0.29, 0.717) is 32.6 Å². The average Bonchev–Trinajstić information content (AvgIpc) is 2.71. The number of hydrogen-bond donors (Lipinski definition) is 1. The fraction of sp³-hybridized carbons (Fsp3) is 0.190. The molecule has 0 saturated carbocycles. The summed E-state index contributed by atoms with van der Waals surface area (Å²) in [6, 6.07) is 12.2. The summed E-state index contributed by atoms with van der Waals surface area (Å²) in [4.78, 5) is 29.7. The van der Waals surface area contributed by atoms with Crippen molar-refractivity contribution in [3.05, 3.63) is 81.1 Å². The van der Waals surface area contributed by atoms with Crippen LogP contribution in [0.2, 0.25) is 10.0 Å². The smallest absolute Gasteiger partial charge is 0.262 e. The molecule has 1 N–H and O–H groups in total. The van der Waals surface area contributed by atoms with E-state index in [1.165, 1.54) is 16.3 Å². The summed E-state index contributed by atoms with van der Waals surface area (Å²) in [7, 11) is 0. The van der Waals surface area contributed by atoms with Crippen LogP contribution >= 0.6 is 35.0 Å². The quantitative estimate of drug-likeness (QED) is 0.319. The summed E-state index contributed by atoms with van der Waals surface area (Å²) < 4.78 is 1.52. The van der Waals surface area contributed by atoms with Gasteiger partial charge in [-0.3, -0.25) is 14.2 Å². The number of halogens is 2. The van der Waals surface area contributed by atoms with Crippen molar-refractivity contribution < 1.29 is 4.79 Å². The van der Waals surface area contributed by atoms with Gasteiger partial charge in [0.2, 0.25) is 5.91 Å². The molecule has 1 unspecified atom stereocenters. The SMILES string of the molecule is C=CCn1c(SCC(=O)NC(C)c2ccc(Cl)c(Cl)c2)nc2ccccc2c1=O. The third-order valence-electron chi connectivity index (χ3n) is 4.29. The van der Waals surface area contributed by atoms with Crippen LogP contribution in [-0.2, 0) is 11.3 Å². The summed E-state index contributed by atoms with van der Waals surface area (Å²) in [5, 5.41) is 4.84. The van der Waals surface area contributed by atoms with Crippen molar-refractivity contribution in [2.45, 2.75) is 24.7 Å². The molecule has 0 saturated heterocycles. The maximum atomic E-state index is 12.7. The highest BCUT2D eigenvalue weighted by Gasteiger charge is 2.15. The Balaban J connectivity index is 1.74. The van der Waals surface area contributed by atoms with Crippen molar-refractivity contribution >= 4 is 51.8 Å². The number of thioether (sulfide) groups is 1. The Bertz CT molecular complexity index is 1130. The first-order valence-electron chi connectivity index (χ1n) is 8.88. The molecule has 0 aliphatic rings. The number of allylic oxidation sites excluding steroid dienone is 1. The number of amides is 1. The number of nitrogens with one attached hydrogen (secondary N) is 1. The first-order valence-corrected chi connectivity index (χ1v) is 10.6. The van der Waals surface area contributed by atoms with Crippen molar-refractivity contribution in [2.75, 3.05) is 5.75 Å². The van der Waals surface area contributed by atoms with E-state index in [1.807, 2.05) is 19.1 Å². The van der Waals surface area contributed by atoms with Crippen LogP contribution in [-0.4, -0.2) is 21.2 Å². The van der Waals surface area contributed by atoms with E-state index in [4.69, 9.17) is 23.2 Å². The maximum Gasteiger partial charge on any atom is 0.262 e. The van der Waals surface area contributed by atoms with Gasteiger partial charge in [-0.05, 0) is 36.8 Å². The van der Waals surface area contributed by atoms with Gasteiger partial charge in [-0.25, -0.2) is 4.98 Å². The summed E-state index contributed by atoms with van der Waals surface area (Å²) in [6.07, 6.45) is 1.63. The minimum Gasteiger partial charge on any atom is -0.349 e. The second kappa shape index (κ2) is 9.48. The number of rotatable bonds is 7. The molecule has 0 radical (unpaired) electrons. The van der Waals surface area contributed by atoms with E-state index in [2.05, 4.69) is 16.9 Å². The molecule has 3 aromatic rings. The largest absolute Gasteiger partial charge is 0.349 e. The summed E-state index contributed by atoms with van der Waals surface area (Å²) in [5.74, 6) is -0.0609. The van der Waals surface area contributed by atoms with Crippen molar-refractivity contribution in [1.29, 1.82) is 0 Å². The molecule has 0 spiro atoms. The van der Waals surface area contributed by atoms with Gasteiger partial charge in [0.05, 0.1) is 32.7 Å². The highest BCUT2D eigenvalue weighted by atomic mass is 35.5. The number of carbonyl (C=O) groups is 1. The molecule has 2 aromatic carbocycles. The molecule has 0 fully saturated rings. The van der Waals surface area contributed by atoms with Crippen molar-refractivity contribution in [1.82, 2.24) is 14.9 Å². The lowest BCUT2D eigenvalue weighted by Gasteiger charge is -2.15. The van der Waals surface area contributed by atoms with Crippen molar-refractivity contribution in [2.24, 2.45) is 0 Å². The van der Waals surface area contributed by atoms with Crippen molar-refractivity contribution in [3.63, 3.8) is 0 Å². The zero-order valence-corrected chi connectivity index (χ0v) is 18.0. The predicted molar refractivity (Wildman–Crippen MR) is 120 cm³/mol. The van der Waals surface area contributed by atoms with E-state index in [0.717, 1.165) is 5.56 Å². The van der Waals surface area contributed by atoms with Gasteiger partial charge in [0.1, 0.15) is 0 Å². The minimum absolute atomic E-state index is 0.119. The highest BCUT2D eigenvalue weighted by molar-refractivity contribution is 7.99. The van der Waals surface area contributed by atoms with E-state index in [1.54, 1.807) is 36.4 Å². The molecule has 29 heavy (non-hydrogen) atoms. The average molecular weight is 448 g/mol. The second-order valence-corrected chi connectivity index (χ2v) is 8.12. The molecule has 0 aliphatic carbocycles. The Labute approximate surface area is 182 Å². The number of para-hydroxylation sites is 1. The topological polar surface area (TPSA) is 64.0 Å². The molecule has 3 rings (SSSR count). The zero-order valence-electron chi connectivity index (χ0n) is 15.7. The van der Waals surface area contributed by atoms with Crippen LogP contribution in [0, 0.1) is 0 Å². The lowest BCUT2D eigenvalue weighted by atomic mass is 10.1. The van der Waals surface area contributed by atoms with Crippen LogP contribution in [0.4, 0.5) is 0 Å². The van der Waals surface area contributed by atoms with Gasteiger partial charge < -0.3 is 5.32 Å². The first-order chi connectivity index (χ1) is 13.9. The van der Waals surface area contributed by atoms with Gasteiger partial charge in [0.25, 0.3) is 5.56 Å². The molecule has 1 atom stereocenters. The fourth-order valence-corrected chi connectivity index (χ4v) is 3.95. The number of fused-ring (bicyclic) bond motifs is 1. The van der Waals surface area contributed by atoms with Gasteiger partial charge in [-0.1, -0.05) is 59.2 Å². The predicted octanol–water partition coefficient (Wildman–Crippen LogP) is 4.86. The normalized spacial score (nSPS) is 12.0. The third kappa shape index (κ3) is 5.01. The Morgan fingerprint density at radius 2 is 2.03 bits per heavy atom. The first kappa shape index (κ1) is 21.4. The Morgan fingerprint density at radius 3 is 2.76 bits per heavy atom. The van der Waals surface area contributed by atoms with E-state index in [-0.39, 0.29) is 23.3 Å². The van der Waals surface area contributed by atoms with Crippen LogP contribution < -0.4 is 10.9 Å².